The highest BCUT2D eigenvalue weighted by atomic mass is 16.6. The first-order valence-electron chi connectivity index (χ1n) is 15.3. The molecule has 0 heterocycles. The Bertz CT molecular complexity index is 1260. The standard InChI is InChI=1S/C35H45NO8/c1-23(2)42-34(39)26(6)31(35(40)43-24(3)4)21-25(5)33(38)41-20-10-8-7-9-11-32(37)44-30-18-16-29(17-19-30)28-14-12-27(22-36)13-15-28/h12-19,23-26,31H,7-11,20-21H2,1-6H3. The van der Waals surface area contributed by atoms with Crippen LogP contribution < -0.4 is 4.74 Å². The van der Waals surface area contributed by atoms with Crippen molar-refractivity contribution in [3.8, 4) is 22.9 Å². The summed E-state index contributed by atoms with van der Waals surface area (Å²) >= 11 is 0. The van der Waals surface area contributed by atoms with Gasteiger partial charge >= 0.3 is 23.9 Å². The highest BCUT2D eigenvalue weighted by Gasteiger charge is 2.36. The molecular weight excluding hydrogens is 562 g/mol. The zero-order chi connectivity index (χ0) is 32.6. The molecule has 2 aromatic rings. The Balaban J connectivity index is 1.69. The van der Waals surface area contributed by atoms with Crippen molar-refractivity contribution in [1.82, 2.24) is 0 Å². The van der Waals surface area contributed by atoms with Gasteiger partial charge in [0.25, 0.3) is 0 Å². The fourth-order valence-electron chi connectivity index (χ4n) is 4.48. The minimum Gasteiger partial charge on any atom is -0.465 e. The van der Waals surface area contributed by atoms with E-state index in [0.717, 1.165) is 24.0 Å². The third kappa shape index (κ3) is 12.6. The number of carbonyl (C=O) groups is 4. The Morgan fingerprint density at radius 3 is 1.82 bits per heavy atom. The summed E-state index contributed by atoms with van der Waals surface area (Å²) in [6.07, 6.45) is 2.55. The lowest BCUT2D eigenvalue weighted by molar-refractivity contribution is -0.166. The lowest BCUT2D eigenvalue weighted by Gasteiger charge is -2.25. The second-order valence-corrected chi connectivity index (χ2v) is 11.5. The number of esters is 4. The van der Waals surface area contributed by atoms with Gasteiger partial charge in [-0.2, -0.15) is 5.26 Å². The molecule has 0 saturated carbocycles. The maximum absolute atomic E-state index is 12.7. The van der Waals surface area contributed by atoms with Gasteiger partial charge in [-0.15, -0.1) is 0 Å². The van der Waals surface area contributed by atoms with Crippen LogP contribution >= 0.6 is 0 Å². The number of hydrogen-bond donors (Lipinski definition) is 0. The molecule has 0 aromatic heterocycles. The van der Waals surface area contributed by atoms with E-state index in [9.17, 15) is 19.2 Å². The van der Waals surface area contributed by atoms with Crippen molar-refractivity contribution in [3.63, 3.8) is 0 Å². The summed E-state index contributed by atoms with van der Waals surface area (Å²) < 4.78 is 21.5. The van der Waals surface area contributed by atoms with Crippen LogP contribution in [0, 0.1) is 29.1 Å². The second kappa shape index (κ2) is 18.5. The monoisotopic (exact) mass is 607 g/mol. The van der Waals surface area contributed by atoms with Gasteiger partial charge in [-0.25, -0.2) is 0 Å². The lowest BCUT2D eigenvalue weighted by Crippen LogP contribution is -2.35. The average molecular weight is 608 g/mol. The molecule has 0 spiro atoms. The van der Waals surface area contributed by atoms with Crippen molar-refractivity contribution >= 4 is 23.9 Å². The summed E-state index contributed by atoms with van der Waals surface area (Å²) in [5.74, 6) is -3.52. The average Bonchev–Trinajstić information content (AvgIpc) is 2.98. The van der Waals surface area contributed by atoms with Gasteiger partial charge < -0.3 is 18.9 Å². The predicted octanol–water partition coefficient (Wildman–Crippen LogP) is 6.81. The van der Waals surface area contributed by atoms with Crippen LogP contribution in [0.4, 0.5) is 0 Å². The molecule has 0 amide bonds. The third-order valence-electron chi connectivity index (χ3n) is 6.94. The summed E-state index contributed by atoms with van der Waals surface area (Å²) in [5.41, 5.74) is 2.52. The molecule has 0 saturated heterocycles. The molecule has 238 valence electrons. The van der Waals surface area contributed by atoms with E-state index in [1.807, 2.05) is 24.3 Å². The van der Waals surface area contributed by atoms with Gasteiger partial charge in [-0.05, 0) is 82.3 Å². The Hall–Kier alpha value is -4.19. The zero-order valence-corrected chi connectivity index (χ0v) is 26.7. The first kappa shape index (κ1) is 36.0. The molecular formula is C35H45NO8. The number of rotatable bonds is 17. The van der Waals surface area contributed by atoms with Crippen LogP contribution in [0.15, 0.2) is 48.5 Å². The highest BCUT2D eigenvalue weighted by Crippen LogP contribution is 2.26. The minimum absolute atomic E-state index is 0.110. The van der Waals surface area contributed by atoms with Crippen molar-refractivity contribution in [2.45, 2.75) is 92.3 Å². The molecule has 0 N–H and O–H groups in total. The van der Waals surface area contributed by atoms with Gasteiger partial charge in [0.15, 0.2) is 0 Å². The number of nitrogens with zero attached hydrogens (tertiary/aromatic N) is 1. The van der Waals surface area contributed by atoms with Crippen LogP contribution in [-0.2, 0) is 33.4 Å². The molecule has 2 aromatic carbocycles. The molecule has 9 nitrogen and oxygen atoms in total. The van der Waals surface area contributed by atoms with Crippen LogP contribution in [0.5, 0.6) is 5.75 Å². The molecule has 0 aliphatic heterocycles. The summed E-state index contributed by atoms with van der Waals surface area (Å²) in [5, 5.41) is 8.93. The van der Waals surface area contributed by atoms with E-state index >= 15 is 0 Å². The van der Waals surface area contributed by atoms with Crippen molar-refractivity contribution in [2.75, 3.05) is 6.61 Å². The first-order valence-corrected chi connectivity index (χ1v) is 15.3. The Morgan fingerprint density at radius 2 is 1.25 bits per heavy atom. The molecule has 0 fully saturated rings. The number of carbonyl (C=O) groups excluding carboxylic acids is 4. The highest BCUT2D eigenvalue weighted by molar-refractivity contribution is 5.83. The van der Waals surface area contributed by atoms with E-state index in [4.69, 9.17) is 24.2 Å². The number of hydrogen-bond acceptors (Lipinski definition) is 9. The van der Waals surface area contributed by atoms with E-state index in [1.165, 1.54) is 0 Å². The quantitative estimate of drug-likeness (QED) is 0.0824. The number of ether oxygens (including phenoxy) is 4. The van der Waals surface area contributed by atoms with Crippen LogP contribution in [0.1, 0.15) is 85.6 Å². The summed E-state index contributed by atoms with van der Waals surface area (Å²) in [6, 6.07) is 16.6. The van der Waals surface area contributed by atoms with Gasteiger partial charge in [0, 0.05) is 6.42 Å². The van der Waals surface area contributed by atoms with Gasteiger partial charge in [0.1, 0.15) is 5.75 Å². The summed E-state index contributed by atoms with van der Waals surface area (Å²) in [4.78, 5) is 50.0. The summed E-state index contributed by atoms with van der Waals surface area (Å²) in [7, 11) is 0. The van der Waals surface area contributed by atoms with Gasteiger partial charge in [0.2, 0.25) is 0 Å². The van der Waals surface area contributed by atoms with Crippen LogP contribution in [0.25, 0.3) is 11.1 Å². The van der Waals surface area contributed by atoms with E-state index in [1.54, 1.807) is 65.8 Å². The van der Waals surface area contributed by atoms with Gasteiger partial charge in [-0.1, -0.05) is 51.0 Å². The molecule has 9 heteroatoms. The maximum atomic E-state index is 12.7. The largest absolute Gasteiger partial charge is 0.465 e. The molecule has 3 atom stereocenters. The lowest BCUT2D eigenvalue weighted by atomic mass is 9.85. The van der Waals surface area contributed by atoms with Gasteiger partial charge in [0.05, 0.1) is 48.2 Å². The summed E-state index contributed by atoms with van der Waals surface area (Å²) in [6.45, 7) is 10.4. The number of unbranched alkanes of at least 4 members (excludes halogenated alkanes) is 3. The van der Waals surface area contributed by atoms with E-state index in [-0.39, 0.29) is 37.6 Å². The zero-order valence-electron chi connectivity index (χ0n) is 26.7. The molecule has 0 bridgehead atoms. The Morgan fingerprint density at radius 1 is 0.705 bits per heavy atom. The molecule has 0 aliphatic carbocycles. The van der Waals surface area contributed by atoms with Gasteiger partial charge in [-0.3, -0.25) is 19.2 Å². The van der Waals surface area contributed by atoms with E-state index in [2.05, 4.69) is 6.07 Å². The normalized spacial score (nSPS) is 13.0. The molecule has 3 unspecified atom stereocenters. The first-order chi connectivity index (χ1) is 20.9. The predicted molar refractivity (Wildman–Crippen MR) is 165 cm³/mol. The van der Waals surface area contributed by atoms with Crippen LogP contribution in [-0.4, -0.2) is 42.7 Å². The SMILES string of the molecule is CC(C)OC(=O)C(C)C(CC(C)C(=O)OCCCCCCC(=O)Oc1ccc(-c2ccc(C#N)cc2)cc1)C(=O)OC(C)C. The molecule has 44 heavy (non-hydrogen) atoms. The fourth-order valence-corrected chi connectivity index (χ4v) is 4.48. The number of nitriles is 1. The second-order valence-electron chi connectivity index (χ2n) is 11.5. The van der Waals surface area contributed by atoms with E-state index in [0.29, 0.717) is 24.2 Å². The molecule has 0 aliphatic rings. The minimum atomic E-state index is -0.827. The Labute approximate surface area is 260 Å². The third-order valence-corrected chi connectivity index (χ3v) is 6.94. The smallest absolute Gasteiger partial charge is 0.311 e. The molecule has 0 radical (unpaired) electrons. The van der Waals surface area contributed by atoms with Crippen molar-refractivity contribution in [1.29, 1.82) is 5.26 Å². The van der Waals surface area contributed by atoms with Crippen LogP contribution in [0.2, 0.25) is 0 Å². The topological polar surface area (TPSA) is 129 Å². The van der Waals surface area contributed by atoms with E-state index < -0.39 is 35.7 Å². The molecule has 2 rings (SSSR count). The fraction of sp³-hybridized carbons (Fsp3) is 0.514. The van der Waals surface area contributed by atoms with Crippen molar-refractivity contribution < 1.29 is 38.1 Å². The number of benzene rings is 2. The Kier molecular flexibility index (Phi) is 15.1. The van der Waals surface area contributed by atoms with Crippen LogP contribution in [0.3, 0.4) is 0 Å². The van der Waals surface area contributed by atoms with Crippen molar-refractivity contribution in [2.24, 2.45) is 17.8 Å². The maximum Gasteiger partial charge on any atom is 0.311 e. The van der Waals surface area contributed by atoms with Crippen molar-refractivity contribution in [3.05, 3.63) is 54.1 Å².